The molecule has 2 nitrogen and oxygen atoms in total. The maximum absolute atomic E-state index is 14.3. The molecule has 0 radical (unpaired) electrons. The molecule has 0 unspecified atom stereocenters. The third-order valence-corrected chi connectivity index (χ3v) is 5.14. The van der Waals surface area contributed by atoms with E-state index in [1.807, 2.05) is 23.9 Å². The van der Waals surface area contributed by atoms with Gasteiger partial charge in [0.15, 0.2) is 0 Å². The fourth-order valence-electron chi connectivity index (χ4n) is 2.45. The fraction of sp³-hybridized carbons (Fsp3) is 0.625. The minimum absolute atomic E-state index is 0.0925. The summed E-state index contributed by atoms with van der Waals surface area (Å²) in [5.74, 6) is 0.969. The van der Waals surface area contributed by atoms with Crippen molar-refractivity contribution in [2.75, 3.05) is 30.3 Å². The molecule has 0 saturated carbocycles. The number of anilines is 1. The summed E-state index contributed by atoms with van der Waals surface area (Å²) in [5, 5.41) is 3.23. The zero-order valence-corrected chi connectivity index (χ0v) is 13.5. The van der Waals surface area contributed by atoms with Crippen molar-refractivity contribution in [2.24, 2.45) is 0 Å². The molecular weight excluding hydrogens is 271 g/mol. The molecule has 1 aliphatic rings. The third-order valence-electron chi connectivity index (χ3n) is 3.77. The number of hydrogen-bond donors (Lipinski definition) is 1. The quantitative estimate of drug-likeness (QED) is 0.913. The Labute approximate surface area is 126 Å². The Kier molecular flexibility index (Phi) is 5.33. The van der Waals surface area contributed by atoms with Crippen molar-refractivity contribution >= 4 is 17.4 Å². The maximum Gasteiger partial charge on any atom is 0.146 e. The van der Waals surface area contributed by atoms with Crippen molar-refractivity contribution in [3.8, 4) is 0 Å². The SMILES string of the molecule is CCNCc1ccc(N2CCSC(C)(C)CC2)c(F)c1. The van der Waals surface area contributed by atoms with Crippen LogP contribution in [0.2, 0.25) is 0 Å². The van der Waals surface area contributed by atoms with Crippen LogP contribution < -0.4 is 10.2 Å². The Morgan fingerprint density at radius 1 is 1.35 bits per heavy atom. The van der Waals surface area contributed by atoms with E-state index >= 15 is 0 Å². The first-order valence-electron chi connectivity index (χ1n) is 7.40. The van der Waals surface area contributed by atoms with Crippen LogP contribution in [0.4, 0.5) is 10.1 Å². The number of benzene rings is 1. The zero-order valence-electron chi connectivity index (χ0n) is 12.7. The normalized spacial score (nSPS) is 18.9. The average molecular weight is 296 g/mol. The molecule has 1 aromatic rings. The Morgan fingerprint density at radius 3 is 2.85 bits per heavy atom. The molecule has 1 fully saturated rings. The molecule has 4 heteroatoms. The van der Waals surface area contributed by atoms with Crippen LogP contribution >= 0.6 is 11.8 Å². The second kappa shape index (κ2) is 6.81. The average Bonchev–Trinajstić information content (AvgIpc) is 2.58. The maximum atomic E-state index is 14.3. The lowest BCUT2D eigenvalue weighted by Gasteiger charge is -2.25. The number of halogens is 1. The van der Waals surface area contributed by atoms with Crippen molar-refractivity contribution in [1.29, 1.82) is 0 Å². The lowest BCUT2D eigenvalue weighted by molar-refractivity contribution is 0.599. The predicted octanol–water partition coefficient (Wildman–Crippen LogP) is 3.66. The van der Waals surface area contributed by atoms with Crippen LogP contribution in [-0.2, 0) is 6.54 Å². The van der Waals surface area contributed by atoms with Gasteiger partial charge in [-0.25, -0.2) is 4.39 Å². The lowest BCUT2D eigenvalue weighted by Crippen LogP contribution is -2.27. The van der Waals surface area contributed by atoms with Crippen molar-refractivity contribution in [1.82, 2.24) is 5.32 Å². The summed E-state index contributed by atoms with van der Waals surface area (Å²) in [6.07, 6.45) is 1.09. The monoisotopic (exact) mass is 296 g/mol. The second-order valence-electron chi connectivity index (χ2n) is 5.91. The molecular formula is C16H25FN2S. The topological polar surface area (TPSA) is 15.3 Å². The molecule has 0 aliphatic carbocycles. The molecule has 0 bridgehead atoms. The van der Waals surface area contributed by atoms with Gasteiger partial charge in [-0.1, -0.05) is 26.8 Å². The van der Waals surface area contributed by atoms with Crippen LogP contribution in [0.5, 0.6) is 0 Å². The fourth-order valence-corrected chi connectivity index (χ4v) is 3.55. The van der Waals surface area contributed by atoms with Crippen LogP contribution in [-0.4, -0.2) is 30.1 Å². The number of hydrogen-bond acceptors (Lipinski definition) is 3. The van der Waals surface area contributed by atoms with Crippen LogP contribution in [0.3, 0.4) is 0 Å². The van der Waals surface area contributed by atoms with E-state index in [0.29, 0.717) is 4.75 Å². The zero-order chi connectivity index (χ0) is 14.6. The van der Waals surface area contributed by atoms with Crippen LogP contribution in [0.15, 0.2) is 18.2 Å². The standard InChI is InChI=1S/C16H25FN2S/c1-4-18-12-13-5-6-15(14(17)11-13)19-8-7-16(2,3)20-10-9-19/h5-6,11,18H,4,7-10,12H2,1-3H3. The number of thioether (sulfide) groups is 1. The molecule has 0 atom stereocenters. The minimum atomic E-state index is -0.0925. The molecule has 0 aromatic heterocycles. The smallest absolute Gasteiger partial charge is 0.146 e. The predicted molar refractivity (Wildman–Crippen MR) is 87.1 cm³/mol. The van der Waals surface area contributed by atoms with Crippen LogP contribution in [0, 0.1) is 5.82 Å². The van der Waals surface area contributed by atoms with E-state index < -0.39 is 0 Å². The van der Waals surface area contributed by atoms with Gasteiger partial charge in [0.2, 0.25) is 0 Å². The van der Waals surface area contributed by atoms with E-state index in [-0.39, 0.29) is 5.82 Å². The Bertz CT molecular complexity index is 448. The van der Waals surface area contributed by atoms with Crippen molar-refractivity contribution in [3.05, 3.63) is 29.6 Å². The Morgan fingerprint density at radius 2 is 2.15 bits per heavy atom. The molecule has 1 aromatic carbocycles. The molecule has 1 N–H and O–H groups in total. The van der Waals surface area contributed by atoms with Gasteiger partial charge in [0.1, 0.15) is 5.82 Å². The molecule has 0 amide bonds. The van der Waals surface area contributed by atoms with E-state index in [0.717, 1.165) is 49.6 Å². The van der Waals surface area contributed by atoms with Gasteiger partial charge in [0, 0.05) is 30.1 Å². The number of nitrogens with zero attached hydrogens (tertiary/aromatic N) is 1. The van der Waals surface area contributed by atoms with Crippen molar-refractivity contribution in [2.45, 2.75) is 38.5 Å². The number of nitrogens with one attached hydrogen (secondary N) is 1. The van der Waals surface area contributed by atoms with E-state index in [1.54, 1.807) is 6.07 Å². The molecule has 1 saturated heterocycles. The summed E-state index contributed by atoms with van der Waals surface area (Å²) in [6, 6.07) is 5.64. The summed E-state index contributed by atoms with van der Waals surface area (Å²) in [4.78, 5) is 2.19. The van der Waals surface area contributed by atoms with Gasteiger partial charge in [0.25, 0.3) is 0 Å². The molecule has 0 spiro atoms. The van der Waals surface area contributed by atoms with E-state index in [4.69, 9.17) is 0 Å². The largest absolute Gasteiger partial charge is 0.368 e. The van der Waals surface area contributed by atoms with Gasteiger partial charge >= 0.3 is 0 Å². The molecule has 112 valence electrons. The van der Waals surface area contributed by atoms with E-state index in [1.165, 1.54) is 0 Å². The first-order chi connectivity index (χ1) is 9.52. The summed E-state index contributed by atoms with van der Waals surface area (Å²) >= 11 is 1.99. The van der Waals surface area contributed by atoms with Gasteiger partial charge in [-0.05, 0) is 30.7 Å². The summed E-state index contributed by atoms with van der Waals surface area (Å²) < 4.78 is 14.6. The van der Waals surface area contributed by atoms with Crippen molar-refractivity contribution < 1.29 is 4.39 Å². The highest BCUT2D eigenvalue weighted by Gasteiger charge is 2.24. The Balaban J connectivity index is 2.08. The first-order valence-corrected chi connectivity index (χ1v) is 8.38. The third kappa shape index (κ3) is 4.13. The molecule has 1 aliphatic heterocycles. The summed E-state index contributed by atoms with van der Waals surface area (Å²) in [7, 11) is 0. The molecule has 20 heavy (non-hydrogen) atoms. The highest BCUT2D eigenvalue weighted by molar-refractivity contribution is 8.00. The lowest BCUT2D eigenvalue weighted by atomic mass is 10.1. The summed E-state index contributed by atoms with van der Waals surface area (Å²) in [5.41, 5.74) is 1.76. The minimum Gasteiger partial charge on any atom is -0.368 e. The van der Waals surface area contributed by atoms with E-state index in [2.05, 4.69) is 31.0 Å². The van der Waals surface area contributed by atoms with Gasteiger partial charge in [-0.2, -0.15) is 11.8 Å². The van der Waals surface area contributed by atoms with Gasteiger partial charge < -0.3 is 10.2 Å². The number of rotatable bonds is 4. The molecule has 2 rings (SSSR count). The van der Waals surface area contributed by atoms with Crippen LogP contribution in [0.25, 0.3) is 0 Å². The summed E-state index contributed by atoms with van der Waals surface area (Å²) in [6.45, 7) is 10.1. The highest BCUT2D eigenvalue weighted by atomic mass is 32.2. The molecule has 1 heterocycles. The second-order valence-corrected chi connectivity index (χ2v) is 7.71. The van der Waals surface area contributed by atoms with Crippen LogP contribution in [0.1, 0.15) is 32.8 Å². The first kappa shape index (κ1) is 15.6. The van der Waals surface area contributed by atoms with Gasteiger partial charge in [0.05, 0.1) is 5.69 Å². The van der Waals surface area contributed by atoms with Gasteiger partial charge in [-0.3, -0.25) is 0 Å². The Hall–Kier alpha value is -0.740. The van der Waals surface area contributed by atoms with E-state index in [9.17, 15) is 4.39 Å². The highest BCUT2D eigenvalue weighted by Crippen LogP contribution is 2.33. The van der Waals surface area contributed by atoms with Crippen molar-refractivity contribution in [3.63, 3.8) is 0 Å². The van der Waals surface area contributed by atoms with Gasteiger partial charge in [-0.15, -0.1) is 0 Å².